The lowest BCUT2D eigenvalue weighted by molar-refractivity contribution is 0.195. The Kier molecular flexibility index (Phi) is 5.57. The molecule has 134 valence electrons. The van der Waals surface area contributed by atoms with Crippen molar-refractivity contribution < 1.29 is 14.6 Å². The summed E-state index contributed by atoms with van der Waals surface area (Å²) in [6.45, 7) is 5.64. The minimum absolute atomic E-state index is 0.512. The number of nitrogens with two attached hydrogens (primary N) is 1. The monoisotopic (exact) mass is 342 g/mol. The van der Waals surface area contributed by atoms with Gasteiger partial charge in [0.25, 0.3) is 0 Å². The number of nitrogen functional groups attached to an aromatic ring is 1. The summed E-state index contributed by atoms with van der Waals surface area (Å²) in [5, 5.41) is 9.56. The molecule has 2 rings (SSSR count). The maximum absolute atomic E-state index is 11.7. The van der Waals surface area contributed by atoms with E-state index in [0.29, 0.717) is 11.4 Å². The molecule has 0 saturated heterocycles. The largest absolute Gasteiger partial charge is 0.496 e. The molecule has 0 heterocycles. The van der Waals surface area contributed by atoms with E-state index in [1.165, 1.54) is 4.90 Å². The molecule has 0 saturated carbocycles. The normalized spacial score (nSPS) is 11.2. The third kappa shape index (κ3) is 4.66. The first-order valence-electron chi connectivity index (χ1n) is 8.27. The van der Waals surface area contributed by atoms with Crippen molar-refractivity contribution in [2.45, 2.75) is 39.2 Å². The molecule has 0 radical (unpaired) electrons. The van der Waals surface area contributed by atoms with Gasteiger partial charge >= 0.3 is 6.09 Å². The number of ether oxygens (including phenoxy) is 1. The summed E-state index contributed by atoms with van der Waals surface area (Å²) in [7, 11) is 1.64. The van der Waals surface area contributed by atoms with E-state index < -0.39 is 11.6 Å². The van der Waals surface area contributed by atoms with E-state index in [-0.39, 0.29) is 0 Å². The number of anilines is 2. The van der Waals surface area contributed by atoms with Crippen LogP contribution in [0.2, 0.25) is 0 Å². The van der Waals surface area contributed by atoms with Gasteiger partial charge in [-0.2, -0.15) is 0 Å². The van der Waals surface area contributed by atoms with Crippen LogP contribution in [0.5, 0.6) is 5.75 Å². The fourth-order valence-electron chi connectivity index (χ4n) is 2.91. The summed E-state index contributed by atoms with van der Waals surface area (Å²) in [4.78, 5) is 13.0. The molecule has 0 aliphatic carbocycles. The molecule has 3 N–H and O–H groups in total. The molecule has 0 bridgehead atoms. The molecule has 0 spiro atoms. The molecule has 0 fully saturated rings. The smallest absolute Gasteiger partial charge is 0.412 e. The van der Waals surface area contributed by atoms with Crippen LogP contribution in [0, 0.1) is 0 Å². The van der Waals surface area contributed by atoms with E-state index in [1.807, 2.05) is 63.2 Å². The molecule has 5 nitrogen and oxygen atoms in total. The Hall–Kier alpha value is -2.69. The van der Waals surface area contributed by atoms with Crippen LogP contribution in [0.3, 0.4) is 0 Å². The highest BCUT2D eigenvalue weighted by Gasteiger charge is 2.27. The maximum Gasteiger partial charge on any atom is 0.412 e. The zero-order chi connectivity index (χ0) is 18.6. The number of carboxylic acid groups (broad SMARTS) is 1. The number of carbonyl (C=O) groups is 1. The highest BCUT2D eigenvalue weighted by atomic mass is 16.5. The van der Waals surface area contributed by atoms with Crippen molar-refractivity contribution in [1.29, 1.82) is 0 Å². The van der Waals surface area contributed by atoms with E-state index in [0.717, 1.165) is 29.7 Å². The highest BCUT2D eigenvalue weighted by molar-refractivity contribution is 5.87. The number of aryl methyl sites for hydroxylation is 2. The third-order valence-electron chi connectivity index (χ3n) is 4.02. The lowest BCUT2D eigenvalue weighted by Crippen LogP contribution is -2.45. The summed E-state index contributed by atoms with van der Waals surface area (Å²) < 4.78 is 5.39. The quantitative estimate of drug-likeness (QED) is 0.792. The predicted molar refractivity (Wildman–Crippen MR) is 102 cm³/mol. The molecule has 0 aromatic heterocycles. The molecule has 2 aromatic rings. The van der Waals surface area contributed by atoms with E-state index in [9.17, 15) is 9.90 Å². The van der Waals surface area contributed by atoms with Crippen molar-refractivity contribution in [2.24, 2.45) is 0 Å². The fourth-order valence-corrected chi connectivity index (χ4v) is 2.91. The molecule has 0 atom stereocenters. The van der Waals surface area contributed by atoms with Gasteiger partial charge in [0.05, 0.1) is 7.11 Å². The Labute approximate surface area is 149 Å². The molecule has 1 amide bonds. The van der Waals surface area contributed by atoms with Crippen molar-refractivity contribution in [3.8, 4) is 5.75 Å². The average Bonchev–Trinajstić information content (AvgIpc) is 2.52. The van der Waals surface area contributed by atoms with E-state index in [2.05, 4.69) is 0 Å². The Bertz CT molecular complexity index is 751. The molecule has 0 unspecified atom stereocenters. The number of hydrogen-bond acceptors (Lipinski definition) is 3. The number of methoxy groups -OCH3 is 1. The van der Waals surface area contributed by atoms with Crippen molar-refractivity contribution in [1.82, 2.24) is 0 Å². The summed E-state index contributed by atoms with van der Waals surface area (Å²) in [6.07, 6.45) is 0.577. The number of amides is 1. The van der Waals surface area contributed by atoms with E-state index in [1.54, 1.807) is 7.11 Å². The summed E-state index contributed by atoms with van der Waals surface area (Å²) in [5.74, 6) is 0.812. The SMILES string of the molecule is COc1ccc(N)cc1CCc1cccc(N(C(=O)O)C(C)(C)C)c1. The van der Waals surface area contributed by atoms with Crippen LogP contribution in [-0.4, -0.2) is 23.8 Å². The van der Waals surface area contributed by atoms with Crippen LogP contribution in [0.4, 0.5) is 16.2 Å². The zero-order valence-electron chi connectivity index (χ0n) is 15.2. The van der Waals surface area contributed by atoms with Gasteiger partial charge in [0.1, 0.15) is 5.75 Å². The van der Waals surface area contributed by atoms with Gasteiger partial charge in [-0.05, 0) is 75.1 Å². The zero-order valence-corrected chi connectivity index (χ0v) is 15.2. The summed E-state index contributed by atoms with van der Waals surface area (Å²) >= 11 is 0. The number of hydrogen-bond donors (Lipinski definition) is 2. The third-order valence-corrected chi connectivity index (χ3v) is 4.02. The maximum atomic E-state index is 11.7. The number of benzene rings is 2. The molecule has 2 aromatic carbocycles. The van der Waals surface area contributed by atoms with Gasteiger partial charge in [0, 0.05) is 16.9 Å². The van der Waals surface area contributed by atoms with Gasteiger partial charge in [-0.3, -0.25) is 4.90 Å². The molecule has 25 heavy (non-hydrogen) atoms. The first kappa shape index (κ1) is 18.6. The van der Waals surface area contributed by atoms with Crippen molar-refractivity contribution in [3.05, 3.63) is 53.6 Å². The molecular formula is C20H26N2O3. The number of nitrogens with zero attached hydrogens (tertiary/aromatic N) is 1. The molecule has 5 heteroatoms. The second kappa shape index (κ2) is 7.47. The van der Waals surface area contributed by atoms with E-state index >= 15 is 0 Å². The highest BCUT2D eigenvalue weighted by Crippen LogP contribution is 2.27. The van der Waals surface area contributed by atoms with Gasteiger partial charge in [0.2, 0.25) is 0 Å². The van der Waals surface area contributed by atoms with Crippen molar-refractivity contribution in [2.75, 3.05) is 17.7 Å². The summed E-state index contributed by atoms with van der Waals surface area (Å²) in [6, 6.07) is 13.3. The predicted octanol–water partition coefficient (Wildman–Crippen LogP) is 4.35. The van der Waals surface area contributed by atoms with Gasteiger partial charge in [-0.25, -0.2) is 4.79 Å². The standard InChI is InChI=1S/C20H26N2O3/c1-20(2,3)22(19(23)24)17-7-5-6-14(12-17)8-9-15-13-16(21)10-11-18(15)25-4/h5-7,10-13H,8-9,21H2,1-4H3,(H,23,24). The lowest BCUT2D eigenvalue weighted by atomic mass is 10.0. The van der Waals surface area contributed by atoms with Crippen molar-refractivity contribution >= 4 is 17.5 Å². The van der Waals surface area contributed by atoms with Crippen molar-refractivity contribution in [3.63, 3.8) is 0 Å². The Morgan fingerprint density at radius 3 is 2.48 bits per heavy atom. The summed E-state index contributed by atoms with van der Waals surface area (Å²) in [5.41, 5.74) is 8.84. The minimum atomic E-state index is -0.956. The first-order valence-corrected chi connectivity index (χ1v) is 8.27. The van der Waals surface area contributed by atoms with Crippen LogP contribution >= 0.6 is 0 Å². The molecule has 0 aliphatic heterocycles. The van der Waals surface area contributed by atoms with Gasteiger partial charge in [-0.1, -0.05) is 12.1 Å². The van der Waals surface area contributed by atoms with E-state index in [4.69, 9.17) is 10.5 Å². The minimum Gasteiger partial charge on any atom is -0.496 e. The second-order valence-corrected chi connectivity index (χ2v) is 7.03. The van der Waals surface area contributed by atoms with Crippen LogP contribution in [0.15, 0.2) is 42.5 Å². The fraction of sp³-hybridized carbons (Fsp3) is 0.350. The first-order chi connectivity index (χ1) is 11.7. The van der Waals surface area contributed by atoms with Crippen LogP contribution < -0.4 is 15.4 Å². The Morgan fingerprint density at radius 1 is 1.16 bits per heavy atom. The van der Waals surface area contributed by atoms with Crippen LogP contribution in [-0.2, 0) is 12.8 Å². The second-order valence-electron chi connectivity index (χ2n) is 7.03. The molecular weight excluding hydrogens is 316 g/mol. The van der Waals surface area contributed by atoms with Gasteiger partial charge in [0.15, 0.2) is 0 Å². The topological polar surface area (TPSA) is 75.8 Å². The van der Waals surface area contributed by atoms with Gasteiger partial charge in [-0.15, -0.1) is 0 Å². The Balaban J connectivity index is 2.22. The van der Waals surface area contributed by atoms with Crippen LogP contribution in [0.25, 0.3) is 0 Å². The van der Waals surface area contributed by atoms with Gasteiger partial charge < -0.3 is 15.6 Å². The molecule has 0 aliphatic rings. The number of rotatable bonds is 5. The lowest BCUT2D eigenvalue weighted by Gasteiger charge is -2.33. The average molecular weight is 342 g/mol. The van der Waals surface area contributed by atoms with Crippen LogP contribution in [0.1, 0.15) is 31.9 Å². The Morgan fingerprint density at radius 2 is 1.88 bits per heavy atom.